The molecule has 2 N–H and O–H groups in total. The van der Waals surface area contributed by atoms with Crippen LogP contribution in [0.15, 0.2) is 0 Å². The van der Waals surface area contributed by atoms with E-state index >= 15 is 0 Å². The van der Waals surface area contributed by atoms with Crippen molar-refractivity contribution >= 4 is 10.1 Å². The molecular formula is C16H34O4S. The van der Waals surface area contributed by atoms with Crippen LogP contribution in [-0.2, 0) is 10.1 Å². The fourth-order valence-corrected chi connectivity index (χ4v) is 2.96. The third-order valence-electron chi connectivity index (χ3n) is 4.00. The first-order valence-corrected chi connectivity index (χ1v) is 10.0. The molecule has 0 fully saturated rings. The van der Waals surface area contributed by atoms with Crippen molar-refractivity contribution in [1.82, 2.24) is 0 Å². The van der Waals surface area contributed by atoms with Crippen LogP contribution in [0.1, 0.15) is 90.9 Å². The Bertz CT molecular complexity index is 327. The summed E-state index contributed by atoms with van der Waals surface area (Å²) in [5.74, 6) is 0. The normalized spacial score (nSPS) is 15.0. The topological polar surface area (TPSA) is 74.6 Å². The zero-order chi connectivity index (χ0) is 16.1. The molecule has 0 bridgehead atoms. The third-order valence-corrected chi connectivity index (χ3v) is 5.21. The molecule has 5 heteroatoms. The lowest BCUT2D eigenvalue weighted by atomic mass is 10.0. The summed E-state index contributed by atoms with van der Waals surface area (Å²) in [5, 5.41) is 8.85. The predicted octanol–water partition coefficient (Wildman–Crippen LogP) is 4.32. The quantitative estimate of drug-likeness (QED) is 0.369. The molecule has 0 rings (SSSR count). The van der Waals surface area contributed by atoms with E-state index in [-0.39, 0.29) is 6.42 Å². The zero-order valence-electron chi connectivity index (χ0n) is 13.8. The molecule has 0 spiro atoms. The predicted molar refractivity (Wildman–Crippen MR) is 88.1 cm³/mol. The average molecular weight is 323 g/mol. The monoisotopic (exact) mass is 322 g/mol. The highest BCUT2D eigenvalue weighted by Gasteiger charge is 2.20. The van der Waals surface area contributed by atoms with Gasteiger partial charge in [-0.3, -0.25) is 4.55 Å². The van der Waals surface area contributed by atoms with Crippen molar-refractivity contribution in [3.8, 4) is 0 Å². The summed E-state index contributed by atoms with van der Waals surface area (Å²) >= 11 is 0. The van der Waals surface area contributed by atoms with Crippen molar-refractivity contribution in [3.05, 3.63) is 0 Å². The minimum absolute atomic E-state index is 0.121. The average Bonchev–Trinajstić information content (AvgIpc) is 2.39. The minimum Gasteiger partial charge on any atom is -0.393 e. The van der Waals surface area contributed by atoms with Crippen LogP contribution in [0.2, 0.25) is 0 Å². The maximum absolute atomic E-state index is 10.9. The summed E-state index contributed by atoms with van der Waals surface area (Å²) in [6.45, 7) is 3.66. The lowest BCUT2D eigenvalue weighted by molar-refractivity contribution is 0.149. The summed E-state index contributed by atoms with van der Waals surface area (Å²) in [4.78, 5) is 0. The molecule has 0 aliphatic heterocycles. The third kappa shape index (κ3) is 13.3. The number of unbranched alkanes of at least 4 members (excludes halogenated alkanes) is 9. The van der Waals surface area contributed by atoms with Gasteiger partial charge in [0.05, 0.1) is 11.4 Å². The molecule has 0 saturated heterocycles. The minimum atomic E-state index is -4.01. The van der Waals surface area contributed by atoms with Gasteiger partial charge in [-0.05, 0) is 19.8 Å². The lowest BCUT2D eigenvalue weighted by Crippen LogP contribution is -2.23. The molecule has 0 aliphatic carbocycles. The fourth-order valence-electron chi connectivity index (χ4n) is 2.49. The Balaban J connectivity index is 3.39. The van der Waals surface area contributed by atoms with Crippen LogP contribution in [0, 0.1) is 0 Å². The van der Waals surface area contributed by atoms with Gasteiger partial charge in [-0.25, -0.2) is 0 Å². The van der Waals surface area contributed by atoms with Crippen LogP contribution in [0.4, 0.5) is 0 Å². The van der Waals surface area contributed by atoms with E-state index in [0.29, 0.717) is 6.42 Å². The molecule has 0 radical (unpaired) electrons. The number of aliphatic hydroxyl groups excluding tert-OH is 1. The van der Waals surface area contributed by atoms with Crippen molar-refractivity contribution in [1.29, 1.82) is 0 Å². The molecule has 0 heterocycles. The van der Waals surface area contributed by atoms with Crippen LogP contribution in [0.5, 0.6) is 0 Å². The molecule has 0 aromatic heterocycles. The van der Waals surface area contributed by atoms with Crippen molar-refractivity contribution in [2.24, 2.45) is 0 Å². The van der Waals surface area contributed by atoms with Gasteiger partial charge in [-0.1, -0.05) is 71.1 Å². The molecule has 0 aromatic rings. The zero-order valence-corrected chi connectivity index (χ0v) is 14.6. The molecule has 0 aromatic carbocycles. The van der Waals surface area contributed by atoms with Crippen LogP contribution < -0.4 is 0 Å². The first kappa shape index (κ1) is 20.9. The van der Waals surface area contributed by atoms with Crippen molar-refractivity contribution in [2.75, 3.05) is 0 Å². The van der Waals surface area contributed by atoms with Crippen molar-refractivity contribution in [3.63, 3.8) is 0 Å². The second-order valence-electron chi connectivity index (χ2n) is 6.19. The van der Waals surface area contributed by atoms with Crippen LogP contribution >= 0.6 is 0 Å². The van der Waals surface area contributed by atoms with E-state index in [2.05, 4.69) is 6.92 Å². The second-order valence-corrected chi connectivity index (χ2v) is 8.02. The Labute approximate surface area is 131 Å². The molecule has 128 valence electrons. The van der Waals surface area contributed by atoms with Crippen LogP contribution in [0.25, 0.3) is 0 Å². The maximum Gasteiger partial charge on any atom is 0.267 e. The molecule has 0 saturated carbocycles. The van der Waals surface area contributed by atoms with E-state index in [0.717, 1.165) is 12.8 Å². The number of hydrogen-bond donors (Lipinski definition) is 2. The summed E-state index contributed by atoms with van der Waals surface area (Å²) in [6, 6.07) is 0. The van der Waals surface area contributed by atoms with E-state index in [1.54, 1.807) is 0 Å². The van der Waals surface area contributed by atoms with Gasteiger partial charge in [-0.15, -0.1) is 0 Å². The summed E-state index contributed by atoms with van der Waals surface area (Å²) in [7, 11) is -4.01. The number of hydrogen-bond acceptors (Lipinski definition) is 3. The Kier molecular flexibility index (Phi) is 12.3. The van der Waals surface area contributed by atoms with Gasteiger partial charge >= 0.3 is 0 Å². The molecule has 21 heavy (non-hydrogen) atoms. The Morgan fingerprint density at radius 3 is 1.71 bits per heavy atom. The first-order valence-electron chi connectivity index (χ1n) is 8.52. The SMILES string of the molecule is CCCCCCCCCCCCC(O)CC(C)S(=O)(=O)O. The Morgan fingerprint density at radius 2 is 1.29 bits per heavy atom. The standard InChI is InChI=1S/C16H34O4S/c1-3-4-5-6-7-8-9-10-11-12-13-16(17)14-15(2)21(18,19)20/h15-17H,3-14H2,1-2H3,(H,18,19,20). The Morgan fingerprint density at radius 1 is 0.857 bits per heavy atom. The molecule has 2 unspecified atom stereocenters. The highest BCUT2D eigenvalue weighted by molar-refractivity contribution is 7.86. The fraction of sp³-hybridized carbons (Fsp3) is 1.00. The molecular weight excluding hydrogens is 288 g/mol. The van der Waals surface area contributed by atoms with E-state index in [1.165, 1.54) is 58.3 Å². The highest BCUT2D eigenvalue weighted by Crippen LogP contribution is 2.15. The Hall–Kier alpha value is -0.130. The van der Waals surface area contributed by atoms with Gasteiger partial charge < -0.3 is 5.11 Å². The first-order chi connectivity index (χ1) is 9.88. The van der Waals surface area contributed by atoms with Crippen molar-refractivity contribution < 1.29 is 18.1 Å². The summed E-state index contributed by atoms with van der Waals surface area (Å²) < 4.78 is 30.5. The molecule has 0 aliphatic rings. The molecule has 4 nitrogen and oxygen atoms in total. The van der Waals surface area contributed by atoms with Gasteiger partial charge in [0, 0.05) is 0 Å². The van der Waals surface area contributed by atoms with Crippen LogP contribution in [-0.4, -0.2) is 29.4 Å². The second kappa shape index (κ2) is 12.4. The van der Waals surface area contributed by atoms with Gasteiger partial charge in [0.1, 0.15) is 0 Å². The largest absolute Gasteiger partial charge is 0.393 e. The van der Waals surface area contributed by atoms with Crippen LogP contribution in [0.3, 0.4) is 0 Å². The number of aliphatic hydroxyl groups is 1. The van der Waals surface area contributed by atoms with E-state index in [1.807, 2.05) is 0 Å². The van der Waals surface area contributed by atoms with E-state index in [4.69, 9.17) is 4.55 Å². The van der Waals surface area contributed by atoms with E-state index < -0.39 is 21.5 Å². The smallest absolute Gasteiger partial charge is 0.267 e. The van der Waals surface area contributed by atoms with Gasteiger partial charge in [-0.2, -0.15) is 8.42 Å². The van der Waals surface area contributed by atoms with Gasteiger partial charge in [0.2, 0.25) is 0 Å². The van der Waals surface area contributed by atoms with E-state index in [9.17, 15) is 13.5 Å². The maximum atomic E-state index is 10.9. The summed E-state index contributed by atoms with van der Waals surface area (Å²) in [5.41, 5.74) is 0. The van der Waals surface area contributed by atoms with Gasteiger partial charge in [0.15, 0.2) is 0 Å². The number of rotatable bonds is 14. The summed E-state index contributed by atoms with van der Waals surface area (Å²) in [6.07, 6.45) is 12.5. The highest BCUT2D eigenvalue weighted by atomic mass is 32.2. The van der Waals surface area contributed by atoms with Crippen molar-refractivity contribution in [2.45, 2.75) is 102 Å². The van der Waals surface area contributed by atoms with Gasteiger partial charge in [0.25, 0.3) is 10.1 Å². The lowest BCUT2D eigenvalue weighted by Gasteiger charge is -2.14. The molecule has 0 amide bonds. The molecule has 2 atom stereocenters.